The molecule has 1 fully saturated rings. The van der Waals surface area contributed by atoms with E-state index in [0.29, 0.717) is 18.7 Å². The fourth-order valence-electron chi connectivity index (χ4n) is 2.56. The Morgan fingerprint density at radius 1 is 1.52 bits per heavy atom. The van der Waals surface area contributed by atoms with Crippen LogP contribution in [0, 0.1) is 5.41 Å². The molecule has 1 unspecified atom stereocenters. The molecule has 21 heavy (non-hydrogen) atoms. The molecular formula is C14H21N3O3S. The van der Waals surface area contributed by atoms with Crippen molar-refractivity contribution in [3.63, 3.8) is 0 Å². The molecule has 2 rings (SSSR count). The van der Waals surface area contributed by atoms with Crippen LogP contribution in [-0.4, -0.2) is 50.4 Å². The van der Waals surface area contributed by atoms with Crippen LogP contribution in [0.4, 0.5) is 0 Å². The maximum absolute atomic E-state index is 11.6. The van der Waals surface area contributed by atoms with Crippen LogP contribution in [0.25, 0.3) is 0 Å². The first-order chi connectivity index (χ1) is 9.82. The first-order valence-corrected chi connectivity index (χ1v) is 8.60. The van der Waals surface area contributed by atoms with Gasteiger partial charge in [0.1, 0.15) is 11.6 Å². The summed E-state index contributed by atoms with van der Waals surface area (Å²) >= 11 is 0. The van der Waals surface area contributed by atoms with Crippen LogP contribution in [0.5, 0.6) is 5.75 Å². The molecule has 1 atom stereocenters. The monoisotopic (exact) mass is 311 g/mol. The minimum atomic E-state index is -2.92. The second kappa shape index (κ2) is 6.03. The van der Waals surface area contributed by atoms with Gasteiger partial charge in [-0.15, -0.1) is 0 Å². The number of nitrogen functional groups attached to an aromatic ring is 1. The first-order valence-electron chi connectivity index (χ1n) is 6.78. The number of rotatable bonds is 4. The number of amidine groups is 1. The van der Waals surface area contributed by atoms with Crippen LogP contribution in [-0.2, 0) is 16.4 Å². The normalized spacial score (nSPS) is 21.9. The molecule has 3 N–H and O–H groups in total. The summed E-state index contributed by atoms with van der Waals surface area (Å²) in [5.74, 6) is 1.10. The SMILES string of the molecule is COc1ccc(C(=N)N)cc1CN1CCS(=O)(=O)CC1C. The van der Waals surface area contributed by atoms with Gasteiger partial charge in [-0.05, 0) is 25.1 Å². The Morgan fingerprint density at radius 3 is 2.81 bits per heavy atom. The minimum Gasteiger partial charge on any atom is -0.496 e. The zero-order valence-electron chi connectivity index (χ0n) is 12.3. The van der Waals surface area contributed by atoms with E-state index in [9.17, 15) is 8.42 Å². The van der Waals surface area contributed by atoms with Crippen molar-refractivity contribution >= 4 is 15.7 Å². The van der Waals surface area contributed by atoms with E-state index >= 15 is 0 Å². The van der Waals surface area contributed by atoms with Crippen molar-refractivity contribution in [1.29, 1.82) is 5.41 Å². The van der Waals surface area contributed by atoms with Crippen molar-refractivity contribution in [2.45, 2.75) is 19.5 Å². The van der Waals surface area contributed by atoms with Gasteiger partial charge in [-0.25, -0.2) is 8.42 Å². The number of nitrogens with one attached hydrogen (secondary N) is 1. The molecule has 0 saturated carbocycles. The molecule has 1 heterocycles. The van der Waals surface area contributed by atoms with Crippen LogP contribution in [0.3, 0.4) is 0 Å². The third-order valence-corrected chi connectivity index (χ3v) is 5.57. The predicted molar refractivity (Wildman–Crippen MR) is 82.5 cm³/mol. The molecular weight excluding hydrogens is 290 g/mol. The van der Waals surface area contributed by atoms with Gasteiger partial charge in [-0.1, -0.05) is 0 Å². The van der Waals surface area contributed by atoms with Gasteiger partial charge < -0.3 is 10.5 Å². The Kier molecular flexibility index (Phi) is 4.53. The molecule has 6 nitrogen and oxygen atoms in total. The third-order valence-electron chi connectivity index (χ3n) is 3.77. The van der Waals surface area contributed by atoms with Crippen LogP contribution >= 0.6 is 0 Å². The highest BCUT2D eigenvalue weighted by atomic mass is 32.2. The van der Waals surface area contributed by atoms with E-state index in [1.807, 2.05) is 13.0 Å². The van der Waals surface area contributed by atoms with Gasteiger partial charge in [0.25, 0.3) is 0 Å². The van der Waals surface area contributed by atoms with Crippen molar-refractivity contribution in [2.24, 2.45) is 5.73 Å². The van der Waals surface area contributed by atoms with Crippen molar-refractivity contribution in [2.75, 3.05) is 25.2 Å². The summed E-state index contributed by atoms with van der Waals surface area (Å²) in [7, 11) is -1.33. The van der Waals surface area contributed by atoms with Gasteiger partial charge in [0.15, 0.2) is 9.84 Å². The lowest BCUT2D eigenvalue weighted by Crippen LogP contribution is -2.46. The van der Waals surface area contributed by atoms with Crippen LogP contribution in [0.2, 0.25) is 0 Å². The van der Waals surface area contributed by atoms with Gasteiger partial charge in [0.2, 0.25) is 0 Å². The van der Waals surface area contributed by atoms with Crippen molar-refractivity contribution < 1.29 is 13.2 Å². The Balaban J connectivity index is 2.22. The van der Waals surface area contributed by atoms with Gasteiger partial charge in [-0.3, -0.25) is 10.3 Å². The summed E-state index contributed by atoms with van der Waals surface area (Å²) < 4.78 is 28.6. The van der Waals surface area contributed by atoms with E-state index in [2.05, 4.69) is 4.90 Å². The number of ether oxygens (including phenoxy) is 1. The van der Waals surface area contributed by atoms with Crippen LogP contribution < -0.4 is 10.5 Å². The average molecular weight is 311 g/mol. The Morgan fingerprint density at radius 2 is 2.24 bits per heavy atom. The quantitative estimate of drug-likeness (QED) is 0.627. The van der Waals surface area contributed by atoms with Gasteiger partial charge in [0.05, 0.1) is 18.6 Å². The second-order valence-corrected chi connectivity index (χ2v) is 7.60. The van der Waals surface area contributed by atoms with Crippen molar-refractivity contribution in [3.8, 4) is 5.75 Å². The number of methoxy groups -OCH3 is 1. The minimum absolute atomic E-state index is 0.00757. The fraction of sp³-hybridized carbons (Fsp3) is 0.500. The zero-order valence-corrected chi connectivity index (χ0v) is 13.1. The molecule has 7 heteroatoms. The van der Waals surface area contributed by atoms with E-state index in [-0.39, 0.29) is 23.4 Å². The molecule has 0 amide bonds. The largest absolute Gasteiger partial charge is 0.496 e. The molecule has 1 aliphatic heterocycles. The molecule has 0 bridgehead atoms. The maximum Gasteiger partial charge on any atom is 0.153 e. The summed E-state index contributed by atoms with van der Waals surface area (Å²) in [5, 5.41) is 7.51. The van der Waals surface area contributed by atoms with Gasteiger partial charge >= 0.3 is 0 Å². The van der Waals surface area contributed by atoms with Gasteiger partial charge in [-0.2, -0.15) is 0 Å². The van der Waals surface area contributed by atoms with Crippen molar-refractivity contribution in [1.82, 2.24) is 4.90 Å². The summed E-state index contributed by atoms with van der Waals surface area (Å²) in [5.41, 5.74) is 7.07. The molecule has 0 radical (unpaired) electrons. The molecule has 1 saturated heterocycles. The number of nitrogens with zero attached hydrogens (tertiary/aromatic N) is 1. The molecule has 1 aliphatic rings. The van der Waals surface area contributed by atoms with E-state index in [1.165, 1.54) is 0 Å². The molecule has 0 aromatic heterocycles. The average Bonchev–Trinajstić information content (AvgIpc) is 2.41. The lowest BCUT2D eigenvalue weighted by molar-refractivity contribution is 0.215. The standard InChI is InChI=1S/C14H21N3O3S/c1-10-9-21(18,19)6-5-17(10)8-12-7-11(14(15)16)3-4-13(12)20-2/h3-4,7,10H,5-6,8-9H2,1-2H3,(H3,15,16). The number of sulfone groups is 1. The molecule has 116 valence electrons. The highest BCUT2D eigenvalue weighted by Crippen LogP contribution is 2.24. The second-order valence-electron chi connectivity index (χ2n) is 5.37. The number of hydrogen-bond acceptors (Lipinski definition) is 5. The summed E-state index contributed by atoms with van der Waals surface area (Å²) in [6.45, 7) is 3.01. The van der Waals surface area contributed by atoms with E-state index in [1.54, 1.807) is 19.2 Å². The lowest BCUT2D eigenvalue weighted by Gasteiger charge is -2.33. The number of hydrogen-bond donors (Lipinski definition) is 2. The third kappa shape index (κ3) is 3.74. The van der Waals surface area contributed by atoms with Crippen LogP contribution in [0.1, 0.15) is 18.1 Å². The highest BCUT2D eigenvalue weighted by Gasteiger charge is 2.28. The lowest BCUT2D eigenvalue weighted by atomic mass is 10.1. The molecule has 0 spiro atoms. The fourth-order valence-corrected chi connectivity index (χ4v) is 4.18. The number of nitrogens with two attached hydrogens (primary N) is 1. The topological polar surface area (TPSA) is 96.5 Å². The van der Waals surface area contributed by atoms with E-state index in [4.69, 9.17) is 15.9 Å². The number of benzene rings is 1. The van der Waals surface area contributed by atoms with Crippen molar-refractivity contribution in [3.05, 3.63) is 29.3 Å². The van der Waals surface area contributed by atoms with Gasteiger partial charge in [0, 0.05) is 30.3 Å². The zero-order chi connectivity index (χ0) is 15.6. The van der Waals surface area contributed by atoms with Crippen LogP contribution in [0.15, 0.2) is 18.2 Å². The Labute approximate surface area is 125 Å². The smallest absolute Gasteiger partial charge is 0.153 e. The first kappa shape index (κ1) is 15.8. The summed E-state index contributed by atoms with van der Waals surface area (Å²) in [6, 6.07) is 5.33. The van der Waals surface area contributed by atoms with E-state index in [0.717, 1.165) is 11.3 Å². The molecule has 0 aliphatic carbocycles. The Bertz CT molecular complexity index is 643. The summed E-state index contributed by atoms with van der Waals surface area (Å²) in [4.78, 5) is 2.11. The maximum atomic E-state index is 11.6. The Hall–Kier alpha value is -1.60. The highest BCUT2D eigenvalue weighted by molar-refractivity contribution is 7.91. The molecule has 1 aromatic rings. The van der Waals surface area contributed by atoms with E-state index < -0.39 is 9.84 Å². The summed E-state index contributed by atoms with van der Waals surface area (Å²) in [6.07, 6.45) is 0. The predicted octanol–water partition coefficient (Wildman–Crippen LogP) is 0.598. The molecule has 1 aromatic carbocycles.